The van der Waals surface area contributed by atoms with Gasteiger partial charge in [-0.05, 0) is 17.8 Å². The second kappa shape index (κ2) is 6.73. The summed E-state index contributed by atoms with van der Waals surface area (Å²) in [6, 6.07) is -0.829. The standard InChI is InChI=1S/C13H27N3O2/c1-8(2)11(12(15)18)16-10(17)6-9(14)7-13(3,4)5/h8-9,11H,6-7,14H2,1-5H3,(H2,15,18)(H,16,17). The topological polar surface area (TPSA) is 98.2 Å². The molecule has 0 rings (SSSR count). The summed E-state index contributed by atoms with van der Waals surface area (Å²) in [7, 11) is 0. The lowest BCUT2D eigenvalue weighted by atomic mass is 9.87. The molecule has 0 aliphatic carbocycles. The van der Waals surface area contributed by atoms with Gasteiger partial charge in [-0.3, -0.25) is 9.59 Å². The summed E-state index contributed by atoms with van der Waals surface area (Å²) in [4.78, 5) is 22.9. The predicted molar refractivity (Wildman–Crippen MR) is 72.6 cm³/mol. The molecule has 0 aromatic heterocycles. The van der Waals surface area contributed by atoms with Crippen molar-refractivity contribution in [1.82, 2.24) is 5.32 Å². The number of nitrogens with one attached hydrogen (secondary N) is 1. The maximum absolute atomic E-state index is 11.8. The van der Waals surface area contributed by atoms with E-state index in [0.29, 0.717) is 0 Å². The molecular formula is C13H27N3O2. The van der Waals surface area contributed by atoms with Gasteiger partial charge in [-0.15, -0.1) is 0 Å². The van der Waals surface area contributed by atoms with Crippen molar-refractivity contribution in [2.24, 2.45) is 22.8 Å². The molecule has 2 unspecified atom stereocenters. The van der Waals surface area contributed by atoms with E-state index < -0.39 is 11.9 Å². The maximum Gasteiger partial charge on any atom is 0.240 e. The van der Waals surface area contributed by atoms with Crippen LogP contribution in [0.1, 0.15) is 47.5 Å². The number of amides is 2. The highest BCUT2D eigenvalue weighted by Crippen LogP contribution is 2.21. The number of primary amides is 1. The van der Waals surface area contributed by atoms with Crippen LogP contribution in [0.3, 0.4) is 0 Å². The van der Waals surface area contributed by atoms with Crippen LogP contribution < -0.4 is 16.8 Å². The first-order valence-electron chi connectivity index (χ1n) is 6.37. The highest BCUT2D eigenvalue weighted by atomic mass is 16.2. The van der Waals surface area contributed by atoms with Crippen LogP contribution in [0.4, 0.5) is 0 Å². The molecule has 0 heterocycles. The summed E-state index contributed by atoms with van der Waals surface area (Å²) < 4.78 is 0. The van der Waals surface area contributed by atoms with Crippen molar-refractivity contribution in [3.05, 3.63) is 0 Å². The Kier molecular flexibility index (Phi) is 6.32. The molecule has 0 aliphatic rings. The molecule has 18 heavy (non-hydrogen) atoms. The lowest BCUT2D eigenvalue weighted by molar-refractivity contribution is -0.128. The van der Waals surface area contributed by atoms with Gasteiger partial charge in [-0.2, -0.15) is 0 Å². The zero-order valence-corrected chi connectivity index (χ0v) is 12.1. The van der Waals surface area contributed by atoms with Gasteiger partial charge in [0.2, 0.25) is 11.8 Å². The van der Waals surface area contributed by atoms with Crippen molar-refractivity contribution in [2.75, 3.05) is 0 Å². The fraction of sp³-hybridized carbons (Fsp3) is 0.846. The van der Waals surface area contributed by atoms with E-state index in [2.05, 4.69) is 26.1 Å². The van der Waals surface area contributed by atoms with Crippen LogP contribution in [-0.2, 0) is 9.59 Å². The molecule has 0 aromatic carbocycles. The predicted octanol–water partition coefficient (Wildman–Crippen LogP) is 0.766. The van der Waals surface area contributed by atoms with Gasteiger partial charge in [0, 0.05) is 12.5 Å². The normalized spacial score (nSPS) is 15.3. The van der Waals surface area contributed by atoms with E-state index in [1.807, 2.05) is 13.8 Å². The summed E-state index contributed by atoms with van der Waals surface area (Å²) in [6.07, 6.45) is 0.969. The highest BCUT2D eigenvalue weighted by molar-refractivity contribution is 5.86. The van der Waals surface area contributed by atoms with Gasteiger partial charge >= 0.3 is 0 Å². The first-order valence-corrected chi connectivity index (χ1v) is 6.37. The van der Waals surface area contributed by atoms with Gasteiger partial charge in [0.05, 0.1) is 0 Å². The van der Waals surface area contributed by atoms with E-state index in [1.165, 1.54) is 0 Å². The van der Waals surface area contributed by atoms with Gasteiger partial charge in [0.15, 0.2) is 0 Å². The van der Waals surface area contributed by atoms with Gasteiger partial charge < -0.3 is 16.8 Å². The molecule has 0 aliphatic heterocycles. The van der Waals surface area contributed by atoms with Crippen LogP contribution in [0.5, 0.6) is 0 Å². The Bertz CT molecular complexity index is 295. The van der Waals surface area contributed by atoms with Crippen LogP contribution in [-0.4, -0.2) is 23.9 Å². The molecule has 0 radical (unpaired) electrons. The van der Waals surface area contributed by atoms with E-state index >= 15 is 0 Å². The number of hydrogen-bond acceptors (Lipinski definition) is 3. The van der Waals surface area contributed by atoms with Gasteiger partial charge in [0.1, 0.15) is 6.04 Å². The van der Waals surface area contributed by atoms with Gasteiger partial charge in [-0.1, -0.05) is 34.6 Å². The van der Waals surface area contributed by atoms with Crippen molar-refractivity contribution in [3.8, 4) is 0 Å². The maximum atomic E-state index is 11.8. The molecule has 106 valence electrons. The number of carbonyl (C=O) groups is 2. The molecule has 0 fully saturated rings. The molecular weight excluding hydrogens is 230 g/mol. The van der Waals surface area contributed by atoms with Crippen molar-refractivity contribution in [3.63, 3.8) is 0 Å². The average Bonchev–Trinajstić information content (AvgIpc) is 2.09. The summed E-state index contributed by atoms with van der Waals surface area (Å²) >= 11 is 0. The van der Waals surface area contributed by atoms with Crippen molar-refractivity contribution in [1.29, 1.82) is 0 Å². The minimum atomic E-state index is -0.626. The first-order chi connectivity index (χ1) is 8.03. The van der Waals surface area contributed by atoms with E-state index in [-0.39, 0.29) is 29.7 Å². The highest BCUT2D eigenvalue weighted by Gasteiger charge is 2.23. The average molecular weight is 257 g/mol. The van der Waals surface area contributed by atoms with E-state index in [4.69, 9.17) is 11.5 Å². The van der Waals surface area contributed by atoms with Crippen LogP contribution >= 0.6 is 0 Å². The van der Waals surface area contributed by atoms with Crippen LogP contribution in [0, 0.1) is 11.3 Å². The van der Waals surface area contributed by atoms with E-state index in [9.17, 15) is 9.59 Å². The molecule has 5 N–H and O–H groups in total. The second-order valence-corrected chi connectivity index (χ2v) is 6.42. The SMILES string of the molecule is CC(C)C(NC(=O)CC(N)CC(C)(C)C)C(N)=O. The van der Waals surface area contributed by atoms with E-state index in [0.717, 1.165) is 6.42 Å². The lowest BCUT2D eigenvalue weighted by Crippen LogP contribution is -2.49. The number of carbonyl (C=O) groups excluding carboxylic acids is 2. The zero-order valence-electron chi connectivity index (χ0n) is 12.1. The molecule has 0 saturated heterocycles. The van der Waals surface area contributed by atoms with Crippen molar-refractivity contribution in [2.45, 2.75) is 59.5 Å². The molecule has 5 heteroatoms. The third-order valence-electron chi connectivity index (χ3n) is 2.61. The second-order valence-electron chi connectivity index (χ2n) is 6.42. The van der Waals surface area contributed by atoms with E-state index in [1.54, 1.807) is 0 Å². The first kappa shape index (κ1) is 16.9. The van der Waals surface area contributed by atoms with Crippen molar-refractivity contribution >= 4 is 11.8 Å². The number of rotatable bonds is 6. The monoisotopic (exact) mass is 257 g/mol. The summed E-state index contributed by atoms with van der Waals surface area (Å²) in [5.41, 5.74) is 11.2. The Morgan fingerprint density at radius 3 is 2.06 bits per heavy atom. The Morgan fingerprint density at radius 2 is 1.72 bits per heavy atom. The van der Waals surface area contributed by atoms with Gasteiger partial charge in [0.25, 0.3) is 0 Å². The molecule has 0 bridgehead atoms. The minimum Gasteiger partial charge on any atom is -0.368 e. The smallest absolute Gasteiger partial charge is 0.240 e. The molecule has 0 saturated carbocycles. The van der Waals surface area contributed by atoms with Gasteiger partial charge in [-0.25, -0.2) is 0 Å². The Morgan fingerprint density at radius 1 is 1.22 bits per heavy atom. The minimum absolute atomic E-state index is 0.0229. The molecule has 0 aromatic rings. The molecule has 2 amide bonds. The Hall–Kier alpha value is -1.10. The summed E-state index contributed by atoms with van der Waals surface area (Å²) in [6.45, 7) is 9.90. The number of hydrogen-bond donors (Lipinski definition) is 3. The molecule has 2 atom stereocenters. The largest absolute Gasteiger partial charge is 0.368 e. The van der Waals surface area contributed by atoms with Crippen LogP contribution in [0.15, 0.2) is 0 Å². The quantitative estimate of drug-likeness (QED) is 0.655. The molecule has 0 spiro atoms. The third-order valence-corrected chi connectivity index (χ3v) is 2.61. The molecule has 5 nitrogen and oxygen atoms in total. The Balaban J connectivity index is 4.29. The van der Waals surface area contributed by atoms with Crippen LogP contribution in [0.2, 0.25) is 0 Å². The fourth-order valence-corrected chi connectivity index (χ4v) is 1.90. The van der Waals surface area contributed by atoms with Crippen LogP contribution in [0.25, 0.3) is 0 Å². The Labute approximate surface area is 110 Å². The third kappa shape index (κ3) is 7.27. The number of nitrogens with two attached hydrogens (primary N) is 2. The lowest BCUT2D eigenvalue weighted by Gasteiger charge is -2.24. The zero-order chi connectivity index (χ0) is 14.5. The summed E-state index contributed by atoms with van der Waals surface area (Å²) in [5.74, 6) is -0.753. The van der Waals surface area contributed by atoms with Crippen molar-refractivity contribution < 1.29 is 9.59 Å². The summed E-state index contributed by atoms with van der Waals surface area (Å²) in [5, 5.41) is 2.64. The fourth-order valence-electron chi connectivity index (χ4n) is 1.90.